The molecule has 0 N–H and O–H groups in total. The van der Waals surface area contributed by atoms with E-state index >= 15 is 17.6 Å². The van der Waals surface area contributed by atoms with Gasteiger partial charge in [0.2, 0.25) is 0 Å². The molecule has 1 aromatic rings. The molecule has 0 saturated heterocycles. The summed E-state index contributed by atoms with van der Waals surface area (Å²) in [5.74, 6) is -218. The van der Waals surface area contributed by atoms with Gasteiger partial charge in [0.1, 0.15) is 0 Å². The topological polar surface area (TPSA) is 0 Å². The molecular weight excluding hydrogens is 1390 g/mol. The molecule has 0 atom stereocenters. The molecule has 0 radical (unpaired) electrons. The van der Waals surface area contributed by atoms with E-state index in [4.69, 9.17) is 0 Å². The van der Waals surface area contributed by atoms with Gasteiger partial charge >= 0.3 is 143 Å². The standard InChI is InChI=1S/C30H3BrF50/c31-4-1-2-5(7(32,33)9(36,37)11(40,41)13(44,45)15(48,49)17(52,53)19(56,57)21(60,61)23(64,65)25(68,69)27(72,73)29(76,77)78)6(3-4)8(34,35)10(38,39)12(42,43)14(46,47)16(50,51)18(54,55)20(58,59)22(62,63)24(66,67)26(70,71)28(74,75)30(79,80)81/h1-3H. The average molecular weight is 1390 g/mol. The van der Waals surface area contributed by atoms with Crippen LogP contribution in [0.3, 0.4) is 0 Å². The Balaban J connectivity index is 4.38. The Morgan fingerprint density at radius 2 is 0.309 bits per heavy atom. The molecule has 0 heterocycles. The van der Waals surface area contributed by atoms with E-state index in [0.717, 1.165) is 0 Å². The van der Waals surface area contributed by atoms with Crippen molar-refractivity contribution in [3.05, 3.63) is 33.8 Å². The van der Waals surface area contributed by atoms with Gasteiger partial charge in [-0.05, 0) is 12.1 Å². The number of hydrogen-bond donors (Lipinski definition) is 0. The predicted octanol–water partition coefficient (Wildman–Crippen LogP) is 18.5. The highest BCUT2D eigenvalue weighted by Crippen LogP contribution is 2.72. The monoisotopic (exact) mass is 1390 g/mol. The number of alkyl halides is 50. The summed E-state index contributed by atoms with van der Waals surface area (Å²) in [7, 11) is 0. The van der Waals surface area contributed by atoms with Crippen LogP contribution in [-0.4, -0.2) is 131 Å². The second kappa shape index (κ2) is 18.6. The maximum Gasteiger partial charge on any atom is 0.460 e. The van der Waals surface area contributed by atoms with Crippen molar-refractivity contribution in [3.63, 3.8) is 0 Å². The smallest absolute Gasteiger partial charge is 0.194 e. The summed E-state index contributed by atoms with van der Waals surface area (Å²) in [6.07, 6.45) is -17.1. The maximum atomic E-state index is 15.2. The number of halogens is 51. The Morgan fingerprint density at radius 3 is 0.469 bits per heavy atom. The molecule has 0 bridgehead atoms. The molecule has 0 aliphatic carbocycles. The fraction of sp³-hybridized carbons (Fsp3) is 0.800. The first-order chi connectivity index (χ1) is 34.1. The zero-order valence-corrected chi connectivity index (χ0v) is 36.1. The molecule has 0 saturated carbocycles. The highest BCUT2D eigenvalue weighted by Gasteiger charge is 3.02. The van der Waals surface area contributed by atoms with Gasteiger partial charge < -0.3 is 0 Å². The van der Waals surface area contributed by atoms with E-state index < -0.39 is 176 Å². The SMILES string of the molecule is FC(F)(F)C(F)(F)C(F)(F)C(F)(F)C(F)(F)C(F)(F)C(F)(F)C(F)(F)C(F)(F)C(F)(F)C(F)(F)C(F)(F)c1ccc(Br)cc1C(F)(F)C(F)(F)C(F)(F)C(F)(F)C(F)(F)C(F)(F)C(F)(F)C(F)(F)C(F)(F)C(F)(F)C(F)(F)C(F)(F)F. The Kier molecular flexibility index (Phi) is 17.3. The molecule has 1 aromatic carbocycles. The van der Waals surface area contributed by atoms with E-state index in [2.05, 4.69) is 0 Å². The summed E-state index contributed by atoms with van der Waals surface area (Å²) in [4.78, 5) is 0. The normalized spacial score (nSPS) is 17.1. The van der Waals surface area contributed by atoms with E-state index in [1.807, 2.05) is 0 Å². The number of rotatable bonds is 22. The molecule has 480 valence electrons. The van der Waals surface area contributed by atoms with Crippen LogP contribution < -0.4 is 0 Å². The van der Waals surface area contributed by atoms with Gasteiger partial charge in [-0.3, -0.25) is 0 Å². The van der Waals surface area contributed by atoms with E-state index in [-0.39, 0.29) is 0 Å². The van der Waals surface area contributed by atoms with Crippen molar-refractivity contribution in [3.8, 4) is 0 Å². The third-order valence-electron chi connectivity index (χ3n) is 10.3. The van der Waals surface area contributed by atoms with Crippen molar-refractivity contribution < 1.29 is 220 Å². The van der Waals surface area contributed by atoms with E-state index in [0.29, 0.717) is 0 Å². The van der Waals surface area contributed by atoms with Crippen molar-refractivity contribution in [1.29, 1.82) is 0 Å². The van der Waals surface area contributed by atoms with Crippen LogP contribution >= 0.6 is 15.9 Å². The van der Waals surface area contributed by atoms with Crippen molar-refractivity contribution >= 4 is 15.9 Å². The maximum absolute atomic E-state index is 15.2. The summed E-state index contributed by atoms with van der Waals surface area (Å²) >= 11 is 1.39. The fourth-order valence-corrected chi connectivity index (χ4v) is 5.65. The zero-order valence-electron chi connectivity index (χ0n) is 34.5. The molecule has 0 aromatic heterocycles. The molecule has 51 heteroatoms. The van der Waals surface area contributed by atoms with Gasteiger partial charge in [0.05, 0.1) is 0 Å². The molecule has 0 spiro atoms. The highest BCUT2D eigenvalue weighted by atomic mass is 79.9. The Labute approximate surface area is 412 Å². The average Bonchev–Trinajstić information content (AvgIpc) is 3.23. The van der Waals surface area contributed by atoms with Crippen LogP contribution in [0.2, 0.25) is 0 Å². The Morgan fingerprint density at radius 1 is 0.173 bits per heavy atom. The van der Waals surface area contributed by atoms with Crippen LogP contribution in [0, 0.1) is 0 Å². The Hall–Kier alpha value is -3.80. The van der Waals surface area contributed by atoms with Gasteiger partial charge in [0.25, 0.3) is 0 Å². The molecule has 0 nitrogen and oxygen atoms in total. The van der Waals surface area contributed by atoms with E-state index in [1.165, 1.54) is 15.9 Å². The van der Waals surface area contributed by atoms with Gasteiger partial charge in [-0.15, -0.1) is 0 Å². The quantitative estimate of drug-likeness (QED) is 0.102. The summed E-state index contributed by atoms with van der Waals surface area (Å²) in [5, 5.41) is 0. The summed E-state index contributed by atoms with van der Waals surface area (Å²) < 4.78 is 694. The van der Waals surface area contributed by atoms with Crippen LogP contribution in [-0.2, 0) is 11.8 Å². The van der Waals surface area contributed by atoms with Gasteiger partial charge in [-0.25, -0.2) is 0 Å². The molecule has 1 rings (SSSR count). The number of hydrogen-bond acceptors (Lipinski definition) is 0. The minimum absolute atomic E-state index is 1.12. The summed E-state index contributed by atoms with van der Waals surface area (Å²) in [5.41, 5.74) is -10.3. The second-order valence-electron chi connectivity index (χ2n) is 15.3. The van der Waals surface area contributed by atoms with E-state index in [9.17, 15) is 202 Å². The lowest BCUT2D eigenvalue weighted by Crippen LogP contribution is -2.78. The van der Waals surface area contributed by atoms with Crippen molar-refractivity contribution in [1.82, 2.24) is 0 Å². The van der Waals surface area contributed by atoms with Crippen LogP contribution in [0.4, 0.5) is 220 Å². The van der Waals surface area contributed by atoms with Crippen LogP contribution in [0.15, 0.2) is 22.7 Å². The van der Waals surface area contributed by atoms with Gasteiger partial charge in [0, 0.05) is 15.6 Å². The molecule has 0 amide bonds. The minimum Gasteiger partial charge on any atom is -0.194 e. The predicted molar refractivity (Wildman–Crippen MR) is 153 cm³/mol. The van der Waals surface area contributed by atoms with Gasteiger partial charge in [-0.2, -0.15) is 220 Å². The molecular formula is C30H3BrF50. The third-order valence-corrected chi connectivity index (χ3v) is 10.8. The molecule has 0 fully saturated rings. The van der Waals surface area contributed by atoms with Crippen LogP contribution in [0.5, 0.6) is 0 Å². The Bertz CT molecular complexity index is 2460. The van der Waals surface area contributed by atoms with Crippen molar-refractivity contribution in [2.75, 3.05) is 0 Å². The van der Waals surface area contributed by atoms with Crippen LogP contribution in [0.1, 0.15) is 11.1 Å². The number of benzene rings is 1. The lowest BCUT2D eigenvalue weighted by atomic mass is 9.81. The zero-order chi connectivity index (χ0) is 66.9. The van der Waals surface area contributed by atoms with Gasteiger partial charge in [-0.1, -0.05) is 22.0 Å². The fourth-order valence-electron chi connectivity index (χ4n) is 5.29. The second-order valence-corrected chi connectivity index (χ2v) is 16.2. The van der Waals surface area contributed by atoms with Crippen LogP contribution in [0.25, 0.3) is 0 Å². The van der Waals surface area contributed by atoms with Crippen molar-refractivity contribution in [2.24, 2.45) is 0 Å². The van der Waals surface area contributed by atoms with E-state index in [1.54, 1.807) is 0 Å². The first kappa shape index (κ1) is 75.2. The molecule has 0 aliphatic heterocycles. The minimum atomic E-state index is -10.4. The summed E-state index contributed by atoms with van der Waals surface area (Å²) in [6.45, 7) is 0. The molecule has 0 aliphatic rings. The van der Waals surface area contributed by atoms with Gasteiger partial charge in [0.15, 0.2) is 0 Å². The highest BCUT2D eigenvalue weighted by molar-refractivity contribution is 9.10. The molecule has 0 unspecified atom stereocenters. The van der Waals surface area contributed by atoms with Crippen molar-refractivity contribution in [2.45, 2.75) is 143 Å². The lowest BCUT2D eigenvalue weighted by Gasteiger charge is -2.46. The lowest BCUT2D eigenvalue weighted by molar-refractivity contribution is -0.483. The first-order valence-electron chi connectivity index (χ1n) is 17.4. The largest absolute Gasteiger partial charge is 0.460 e. The molecule has 81 heavy (non-hydrogen) atoms. The third kappa shape index (κ3) is 8.73. The summed E-state index contributed by atoms with van der Waals surface area (Å²) in [6, 6.07) is -5.29. The first-order valence-corrected chi connectivity index (χ1v) is 18.2.